The van der Waals surface area contributed by atoms with Gasteiger partial charge >= 0.3 is 0 Å². The van der Waals surface area contributed by atoms with Crippen LogP contribution in [0.2, 0.25) is 5.02 Å². The Labute approximate surface area is 182 Å². The minimum Gasteiger partial charge on any atom is -0.205 e. The summed E-state index contributed by atoms with van der Waals surface area (Å²) in [5.74, 6) is -0.103. The van der Waals surface area contributed by atoms with Crippen LogP contribution in [-0.4, -0.2) is 0 Å². The van der Waals surface area contributed by atoms with E-state index in [1.54, 1.807) is 0 Å². The molecule has 0 aliphatic heterocycles. The van der Waals surface area contributed by atoms with Crippen molar-refractivity contribution in [2.75, 3.05) is 0 Å². The fourth-order valence-electron chi connectivity index (χ4n) is 4.75. The molecule has 30 heavy (non-hydrogen) atoms. The highest BCUT2D eigenvalue weighted by molar-refractivity contribution is 6.30. The molecule has 0 spiro atoms. The first kappa shape index (κ1) is 21.1. The highest BCUT2D eigenvalue weighted by Gasteiger charge is 2.25. The highest BCUT2D eigenvalue weighted by Crippen LogP contribution is 2.41. The lowest BCUT2D eigenvalue weighted by Gasteiger charge is -2.29. The molecule has 3 aromatic carbocycles. The van der Waals surface area contributed by atoms with Gasteiger partial charge in [-0.2, -0.15) is 0 Å². The SMILES string of the molecule is CC(Cc1ccc(C2CCC(c3cc(F)c(Cl)c(F)c3)CC2)cc1)c1ccccc1. The van der Waals surface area contributed by atoms with Crippen molar-refractivity contribution >= 4 is 11.6 Å². The van der Waals surface area contributed by atoms with Gasteiger partial charge in [0.2, 0.25) is 0 Å². The first-order valence-electron chi connectivity index (χ1n) is 10.8. The first-order chi connectivity index (χ1) is 14.5. The second-order valence-corrected chi connectivity index (χ2v) is 8.98. The smallest absolute Gasteiger partial charge is 0.145 e. The van der Waals surface area contributed by atoms with Gasteiger partial charge in [0.25, 0.3) is 0 Å². The van der Waals surface area contributed by atoms with E-state index in [1.807, 2.05) is 0 Å². The van der Waals surface area contributed by atoms with E-state index in [9.17, 15) is 8.78 Å². The van der Waals surface area contributed by atoms with Gasteiger partial charge in [0.05, 0.1) is 0 Å². The fraction of sp³-hybridized carbons (Fsp3) is 0.333. The highest BCUT2D eigenvalue weighted by atomic mass is 35.5. The summed E-state index contributed by atoms with van der Waals surface area (Å²) in [6.45, 7) is 2.27. The fourth-order valence-corrected chi connectivity index (χ4v) is 4.86. The zero-order valence-corrected chi connectivity index (χ0v) is 18.0. The summed E-state index contributed by atoms with van der Waals surface area (Å²) < 4.78 is 27.6. The molecule has 0 amide bonds. The van der Waals surface area contributed by atoms with E-state index >= 15 is 0 Å². The molecule has 1 aliphatic rings. The third kappa shape index (κ3) is 4.75. The van der Waals surface area contributed by atoms with E-state index in [2.05, 4.69) is 61.5 Å². The van der Waals surface area contributed by atoms with Crippen LogP contribution in [-0.2, 0) is 6.42 Å². The summed E-state index contributed by atoms with van der Waals surface area (Å²) in [5, 5.41) is -0.408. The maximum atomic E-state index is 13.8. The Morgan fingerprint density at radius 2 is 1.33 bits per heavy atom. The molecule has 0 aromatic heterocycles. The number of hydrogen-bond acceptors (Lipinski definition) is 0. The van der Waals surface area contributed by atoms with Gasteiger partial charge in [-0.05, 0) is 84.2 Å². The monoisotopic (exact) mass is 424 g/mol. The zero-order chi connectivity index (χ0) is 21.1. The molecule has 1 unspecified atom stereocenters. The summed E-state index contributed by atoms with van der Waals surface area (Å²) in [6.07, 6.45) is 4.99. The van der Waals surface area contributed by atoms with Crippen LogP contribution in [0, 0.1) is 11.6 Å². The van der Waals surface area contributed by atoms with Crippen molar-refractivity contribution in [2.24, 2.45) is 0 Å². The van der Waals surface area contributed by atoms with E-state index < -0.39 is 16.7 Å². The summed E-state index contributed by atoms with van der Waals surface area (Å²) in [5.41, 5.74) is 4.84. The van der Waals surface area contributed by atoms with Gasteiger partial charge in [-0.15, -0.1) is 0 Å². The molecule has 0 heterocycles. The Bertz CT molecular complexity index is 950. The molecule has 1 aliphatic carbocycles. The van der Waals surface area contributed by atoms with Crippen molar-refractivity contribution in [3.8, 4) is 0 Å². The van der Waals surface area contributed by atoms with Crippen molar-refractivity contribution in [1.29, 1.82) is 0 Å². The molecular formula is C27H27ClF2. The molecule has 0 nitrogen and oxygen atoms in total. The average Bonchev–Trinajstić information content (AvgIpc) is 2.78. The van der Waals surface area contributed by atoms with Crippen LogP contribution in [0.25, 0.3) is 0 Å². The van der Waals surface area contributed by atoms with E-state index in [-0.39, 0.29) is 5.92 Å². The number of halogens is 3. The van der Waals surface area contributed by atoms with E-state index in [0.717, 1.165) is 37.7 Å². The molecule has 0 saturated heterocycles. The lowest BCUT2D eigenvalue weighted by atomic mass is 9.76. The number of benzene rings is 3. The maximum absolute atomic E-state index is 13.8. The van der Waals surface area contributed by atoms with Gasteiger partial charge in [0.1, 0.15) is 16.7 Å². The van der Waals surface area contributed by atoms with Crippen molar-refractivity contribution in [3.63, 3.8) is 0 Å². The van der Waals surface area contributed by atoms with Crippen LogP contribution in [0.1, 0.15) is 72.6 Å². The molecule has 3 heteroatoms. The molecule has 0 bridgehead atoms. The number of rotatable bonds is 5. The Morgan fingerprint density at radius 3 is 1.90 bits per heavy atom. The minimum absolute atomic E-state index is 0.202. The van der Waals surface area contributed by atoms with Gasteiger partial charge in [-0.1, -0.05) is 73.1 Å². The van der Waals surface area contributed by atoms with Crippen molar-refractivity contribution in [3.05, 3.63) is 106 Å². The normalized spacial score (nSPS) is 20.1. The quantitative estimate of drug-likeness (QED) is 0.360. The molecule has 1 saturated carbocycles. The third-order valence-electron chi connectivity index (χ3n) is 6.57. The maximum Gasteiger partial charge on any atom is 0.145 e. The standard InChI is InChI=1S/C27H27ClF2/c1-18(20-5-3-2-4-6-20)15-19-7-9-21(10-8-19)22-11-13-23(14-12-22)24-16-25(29)27(28)26(30)17-24/h2-10,16-18,22-23H,11-15H2,1H3. The molecule has 1 atom stereocenters. The lowest BCUT2D eigenvalue weighted by molar-refractivity contribution is 0.394. The van der Waals surface area contributed by atoms with Gasteiger partial charge in [-0.3, -0.25) is 0 Å². The van der Waals surface area contributed by atoms with Gasteiger partial charge in [0.15, 0.2) is 0 Å². The third-order valence-corrected chi connectivity index (χ3v) is 6.93. The summed E-state index contributed by atoms with van der Waals surface area (Å²) in [6, 6.07) is 22.5. The number of hydrogen-bond donors (Lipinski definition) is 0. The molecule has 1 fully saturated rings. The molecule has 3 aromatic rings. The Kier molecular flexibility index (Phi) is 6.53. The summed E-state index contributed by atoms with van der Waals surface area (Å²) >= 11 is 5.62. The Balaban J connectivity index is 1.36. The van der Waals surface area contributed by atoms with Crippen LogP contribution >= 0.6 is 11.6 Å². The van der Waals surface area contributed by atoms with Crippen molar-refractivity contribution < 1.29 is 8.78 Å². The van der Waals surface area contributed by atoms with Gasteiger partial charge < -0.3 is 0 Å². The lowest BCUT2D eigenvalue weighted by Crippen LogP contribution is -2.13. The van der Waals surface area contributed by atoms with Crippen LogP contribution in [0.15, 0.2) is 66.7 Å². The predicted octanol–water partition coefficient (Wildman–Crippen LogP) is 8.41. The molecule has 156 valence electrons. The van der Waals surface area contributed by atoms with Crippen molar-refractivity contribution in [1.82, 2.24) is 0 Å². The second kappa shape index (κ2) is 9.31. The van der Waals surface area contributed by atoms with E-state index in [0.29, 0.717) is 11.8 Å². The Morgan fingerprint density at radius 1 is 0.800 bits per heavy atom. The van der Waals surface area contributed by atoms with Gasteiger partial charge in [-0.25, -0.2) is 8.78 Å². The van der Waals surface area contributed by atoms with Gasteiger partial charge in [0, 0.05) is 0 Å². The zero-order valence-electron chi connectivity index (χ0n) is 17.3. The molecule has 0 radical (unpaired) electrons. The predicted molar refractivity (Wildman–Crippen MR) is 120 cm³/mol. The topological polar surface area (TPSA) is 0 Å². The molecular weight excluding hydrogens is 398 g/mol. The second-order valence-electron chi connectivity index (χ2n) is 8.60. The average molecular weight is 425 g/mol. The first-order valence-corrected chi connectivity index (χ1v) is 11.2. The van der Waals surface area contributed by atoms with Crippen LogP contribution < -0.4 is 0 Å². The van der Waals surface area contributed by atoms with E-state index in [4.69, 9.17) is 11.6 Å². The largest absolute Gasteiger partial charge is 0.205 e. The van der Waals surface area contributed by atoms with Crippen LogP contribution in [0.5, 0.6) is 0 Å². The Hall–Kier alpha value is -2.19. The van der Waals surface area contributed by atoms with Crippen LogP contribution in [0.3, 0.4) is 0 Å². The van der Waals surface area contributed by atoms with Crippen LogP contribution in [0.4, 0.5) is 8.78 Å². The van der Waals surface area contributed by atoms with E-state index in [1.165, 1.54) is 28.8 Å². The van der Waals surface area contributed by atoms with Crippen molar-refractivity contribution in [2.45, 2.75) is 56.8 Å². The summed E-state index contributed by atoms with van der Waals surface area (Å²) in [7, 11) is 0. The molecule has 4 rings (SSSR count). The summed E-state index contributed by atoms with van der Waals surface area (Å²) in [4.78, 5) is 0. The minimum atomic E-state index is -0.658. The molecule has 0 N–H and O–H groups in total.